The number of thiazole rings is 1. The molecule has 1 aromatic carbocycles. The molecule has 0 saturated heterocycles. The normalized spacial score (nSPS) is 11.2. The van der Waals surface area contributed by atoms with Gasteiger partial charge in [-0.25, -0.2) is 4.98 Å². The van der Waals surface area contributed by atoms with Crippen LogP contribution in [0.2, 0.25) is 0 Å². The van der Waals surface area contributed by atoms with Crippen molar-refractivity contribution in [2.75, 3.05) is 5.32 Å². The summed E-state index contributed by atoms with van der Waals surface area (Å²) >= 11 is 3.09. The zero-order chi connectivity index (χ0) is 13.9. The van der Waals surface area contributed by atoms with Crippen LogP contribution < -0.4 is 5.32 Å². The van der Waals surface area contributed by atoms with Gasteiger partial charge in [0, 0.05) is 11.0 Å². The third-order valence-electron chi connectivity index (χ3n) is 2.79. The third kappa shape index (κ3) is 2.79. The molecule has 0 saturated carbocycles. The van der Waals surface area contributed by atoms with E-state index in [1.807, 2.05) is 42.6 Å². The molecule has 0 aliphatic carbocycles. The lowest BCUT2D eigenvalue weighted by atomic mass is 10.2. The molecule has 1 amide bonds. The minimum Gasteiger partial charge on any atom is -0.298 e. The van der Waals surface area contributed by atoms with Gasteiger partial charge in [0.05, 0.1) is 10.2 Å². The quantitative estimate of drug-likeness (QED) is 0.732. The van der Waals surface area contributed by atoms with E-state index in [1.165, 1.54) is 17.4 Å². The lowest BCUT2D eigenvalue weighted by Gasteiger charge is -1.94. The van der Waals surface area contributed by atoms with Gasteiger partial charge < -0.3 is 0 Å². The zero-order valence-corrected chi connectivity index (χ0v) is 12.4. The van der Waals surface area contributed by atoms with Crippen molar-refractivity contribution < 1.29 is 4.79 Å². The number of benzene rings is 1. The predicted molar refractivity (Wildman–Crippen MR) is 86.3 cm³/mol. The van der Waals surface area contributed by atoms with Gasteiger partial charge in [0.15, 0.2) is 5.13 Å². The monoisotopic (exact) mass is 300 g/mol. The van der Waals surface area contributed by atoms with Crippen LogP contribution >= 0.6 is 22.7 Å². The van der Waals surface area contributed by atoms with Crippen LogP contribution in [-0.2, 0) is 4.79 Å². The number of fused-ring (bicyclic) bond motifs is 1. The van der Waals surface area contributed by atoms with Crippen LogP contribution in [0, 0.1) is 6.92 Å². The van der Waals surface area contributed by atoms with Gasteiger partial charge in [-0.15, -0.1) is 11.3 Å². The average Bonchev–Trinajstić information content (AvgIpc) is 3.05. The fraction of sp³-hybridized carbons (Fsp3) is 0.0667. The van der Waals surface area contributed by atoms with Gasteiger partial charge in [0.2, 0.25) is 5.91 Å². The number of nitrogens with zero attached hydrogens (tertiary/aromatic N) is 1. The van der Waals surface area contributed by atoms with Crippen molar-refractivity contribution in [2.24, 2.45) is 0 Å². The van der Waals surface area contributed by atoms with E-state index in [4.69, 9.17) is 0 Å². The Labute approximate surface area is 124 Å². The van der Waals surface area contributed by atoms with Crippen molar-refractivity contribution in [3.05, 3.63) is 52.2 Å². The average molecular weight is 300 g/mol. The van der Waals surface area contributed by atoms with Crippen molar-refractivity contribution >= 4 is 50.0 Å². The minimum atomic E-state index is -0.157. The van der Waals surface area contributed by atoms with Crippen molar-refractivity contribution in [1.82, 2.24) is 4.98 Å². The second-order valence-electron chi connectivity index (χ2n) is 4.28. The van der Waals surface area contributed by atoms with Gasteiger partial charge in [-0.3, -0.25) is 10.1 Å². The molecule has 2 aromatic heterocycles. The van der Waals surface area contributed by atoms with Gasteiger partial charge in [0.1, 0.15) is 0 Å². The first-order chi connectivity index (χ1) is 9.72. The Morgan fingerprint density at radius 2 is 2.20 bits per heavy atom. The number of aromatic nitrogens is 1. The molecule has 20 heavy (non-hydrogen) atoms. The van der Waals surface area contributed by atoms with Crippen LogP contribution in [0.25, 0.3) is 16.3 Å². The van der Waals surface area contributed by atoms with E-state index in [-0.39, 0.29) is 5.91 Å². The fourth-order valence-electron chi connectivity index (χ4n) is 1.83. The Hall–Kier alpha value is -1.98. The van der Waals surface area contributed by atoms with Crippen molar-refractivity contribution in [3.63, 3.8) is 0 Å². The summed E-state index contributed by atoms with van der Waals surface area (Å²) in [4.78, 5) is 17.4. The van der Waals surface area contributed by atoms with Gasteiger partial charge >= 0.3 is 0 Å². The molecule has 0 bridgehead atoms. The van der Waals surface area contributed by atoms with Crippen molar-refractivity contribution in [3.8, 4) is 0 Å². The molecular formula is C15H12N2OS2. The molecule has 0 aliphatic rings. The number of amides is 1. The van der Waals surface area contributed by atoms with Gasteiger partial charge in [-0.2, -0.15) is 0 Å². The van der Waals surface area contributed by atoms with Gasteiger partial charge in [0.25, 0.3) is 0 Å². The van der Waals surface area contributed by atoms with E-state index >= 15 is 0 Å². The second kappa shape index (κ2) is 5.56. The van der Waals surface area contributed by atoms with Crippen LogP contribution in [0.15, 0.2) is 41.8 Å². The minimum absolute atomic E-state index is 0.157. The molecule has 1 N–H and O–H groups in total. The Kier molecular flexibility index (Phi) is 3.62. The van der Waals surface area contributed by atoms with E-state index < -0.39 is 0 Å². The summed E-state index contributed by atoms with van der Waals surface area (Å²) in [6.45, 7) is 2.02. The molecule has 0 fully saturated rings. The molecule has 100 valence electrons. The number of anilines is 1. The third-order valence-corrected chi connectivity index (χ3v) is 4.57. The topological polar surface area (TPSA) is 42.0 Å². The van der Waals surface area contributed by atoms with Crippen molar-refractivity contribution in [1.29, 1.82) is 0 Å². The molecule has 0 aliphatic heterocycles. The highest BCUT2D eigenvalue weighted by Gasteiger charge is 2.07. The number of carbonyl (C=O) groups excluding carboxylic acids is 1. The first kappa shape index (κ1) is 13.0. The number of hydrogen-bond donors (Lipinski definition) is 1. The predicted octanol–water partition coefficient (Wildman–Crippen LogP) is 4.32. The maximum Gasteiger partial charge on any atom is 0.250 e. The highest BCUT2D eigenvalue weighted by molar-refractivity contribution is 7.22. The lowest BCUT2D eigenvalue weighted by Crippen LogP contribution is -2.07. The SMILES string of the molecule is Cc1cccc2sc(NC(=O)C=Cc3cccs3)nc12. The number of para-hydroxylation sites is 1. The van der Waals surface area contributed by atoms with Crippen LogP contribution in [0.1, 0.15) is 10.4 Å². The first-order valence-corrected chi connectivity index (χ1v) is 7.81. The molecule has 2 heterocycles. The molecular weight excluding hydrogens is 288 g/mol. The molecule has 0 atom stereocenters. The number of carbonyl (C=O) groups is 1. The van der Waals surface area contributed by atoms with E-state index in [1.54, 1.807) is 17.4 Å². The largest absolute Gasteiger partial charge is 0.298 e. The van der Waals surface area contributed by atoms with Gasteiger partial charge in [-0.05, 0) is 36.1 Å². The fourth-order valence-corrected chi connectivity index (χ4v) is 3.40. The Balaban J connectivity index is 1.76. The lowest BCUT2D eigenvalue weighted by molar-refractivity contribution is -0.111. The van der Waals surface area contributed by atoms with Crippen LogP contribution in [0.5, 0.6) is 0 Å². The number of aryl methyl sites for hydroxylation is 1. The summed E-state index contributed by atoms with van der Waals surface area (Å²) in [5, 5.41) is 5.42. The molecule has 3 rings (SSSR count). The van der Waals surface area contributed by atoms with E-state index in [0.29, 0.717) is 5.13 Å². The van der Waals surface area contributed by atoms with E-state index in [2.05, 4.69) is 10.3 Å². The Morgan fingerprint density at radius 3 is 2.95 bits per heavy atom. The summed E-state index contributed by atoms with van der Waals surface area (Å²) in [5.74, 6) is -0.157. The van der Waals surface area contributed by atoms with Crippen LogP contribution in [0.3, 0.4) is 0 Å². The molecule has 0 radical (unpaired) electrons. The molecule has 3 nitrogen and oxygen atoms in total. The molecule has 0 spiro atoms. The van der Waals surface area contributed by atoms with Crippen molar-refractivity contribution in [2.45, 2.75) is 6.92 Å². The Bertz CT molecular complexity index is 772. The second-order valence-corrected chi connectivity index (χ2v) is 6.29. The molecule has 0 unspecified atom stereocenters. The summed E-state index contributed by atoms with van der Waals surface area (Å²) in [6, 6.07) is 9.95. The number of nitrogens with one attached hydrogen (secondary N) is 1. The summed E-state index contributed by atoms with van der Waals surface area (Å²) in [5.41, 5.74) is 2.07. The summed E-state index contributed by atoms with van der Waals surface area (Å²) < 4.78 is 1.09. The summed E-state index contributed by atoms with van der Waals surface area (Å²) in [6.07, 6.45) is 3.34. The molecule has 5 heteroatoms. The highest BCUT2D eigenvalue weighted by Crippen LogP contribution is 2.27. The smallest absolute Gasteiger partial charge is 0.250 e. The van der Waals surface area contributed by atoms with Crippen LogP contribution in [-0.4, -0.2) is 10.9 Å². The summed E-state index contributed by atoms with van der Waals surface area (Å²) in [7, 11) is 0. The van der Waals surface area contributed by atoms with E-state index in [9.17, 15) is 4.79 Å². The first-order valence-electron chi connectivity index (χ1n) is 6.11. The standard InChI is InChI=1S/C15H12N2OS2/c1-10-4-2-6-12-14(10)17-15(20-12)16-13(18)8-7-11-5-3-9-19-11/h2-9H,1H3,(H,16,17,18). The number of rotatable bonds is 3. The zero-order valence-electron chi connectivity index (χ0n) is 10.8. The molecule has 3 aromatic rings. The maximum absolute atomic E-state index is 11.8. The maximum atomic E-state index is 11.8. The highest BCUT2D eigenvalue weighted by atomic mass is 32.1. The van der Waals surface area contributed by atoms with Crippen LogP contribution in [0.4, 0.5) is 5.13 Å². The number of thiophene rings is 1. The van der Waals surface area contributed by atoms with E-state index in [0.717, 1.165) is 20.7 Å². The Morgan fingerprint density at radius 1 is 1.30 bits per heavy atom. The van der Waals surface area contributed by atoms with Gasteiger partial charge in [-0.1, -0.05) is 29.5 Å². The number of hydrogen-bond acceptors (Lipinski definition) is 4.